The van der Waals surface area contributed by atoms with Crippen LogP contribution >= 0.6 is 0 Å². The van der Waals surface area contributed by atoms with E-state index in [9.17, 15) is 9.59 Å². The van der Waals surface area contributed by atoms with E-state index in [-0.39, 0.29) is 50.5 Å². The second-order valence-corrected chi connectivity index (χ2v) is 15.8. The van der Waals surface area contributed by atoms with Gasteiger partial charge in [-0.2, -0.15) is 0 Å². The first kappa shape index (κ1) is 27.3. The number of methoxy groups -OCH3 is 1. The lowest BCUT2D eigenvalue weighted by Gasteiger charge is -2.71. The van der Waals surface area contributed by atoms with Crippen LogP contribution in [0.4, 0.5) is 0 Å². The lowest BCUT2D eigenvalue weighted by molar-refractivity contribution is -0.213. The Kier molecular flexibility index (Phi) is 6.14. The second kappa shape index (κ2) is 8.34. The first-order valence-electron chi connectivity index (χ1n) is 15.0. The molecule has 0 radical (unpaired) electrons. The van der Waals surface area contributed by atoms with Crippen molar-refractivity contribution >= 4 is 11.9 Å². The molecule has 5 rings (SSSR count). The predicted octanol–water partition coefficient (Wildman–Crippen LogP) is 7.89. The molecule has 0 aliphatic heterocycles. The molecule has 4 saturated carbocycles. The quantitative estimate of drug-likeness (QED) is 0.279. The van der Waals surface area contributed by atoms with Crippen molar-refractivity contribution < 1.29 is 19.1 Å². The van der Waals surface area contributed by atoms with Crippen molar-refractivity contribution in [2.24, 2.45) is 50.2 Å². The molecule has 0 heterocycles. The van der Waals surface area contributed by atoms with Crippen LogP contribution in [-0.2, 0) is 19.1 Å². The lowest BCUT2D eigenvalue weighted by Crippen LogP contribution is -2.65. The smallest absolute Gasteiger partial charge is 0.312 e. The third kappa shape index (κ3) is 3.58. The van der Waals surface area contributed by atoms with E-state index in [2.05, 4.69) is 54.5 Å². The van der Waals surface area contributed by atoms with Crippen LogP contribution in [0.3, 0.4) is 0 Å². The highest BCUT2D eigenvalue weighted by Crippen LogP contribution is 2.75. The van der Waals surface area contributed by atoms with Gasteiger partial charge in [-0.15, -0.1) is 0 Å². The molecule has 0 bridgehead atoms. The molecule has 4 nitrogen and oxygen atoms in total. The average molecular weight is 513 g/mol. The molecular weight excluding hydrogens is 460 g/mol. The number of hydrogen-bond donors (Lipinski definition) is 0. The third-order valence-electron chi connectivity index (χ3n) is 13.5. The Labute approximate surface area is 225 Å². The van der Waals surface area contributed by atoms with Gasteiger partial charge in [0, 0.05) is 12.3 Å². The van der Waals surface area contributed by atoms with E-state index in [1.807, 2.05) is 0 Å². The zero-order valence-electron chi connectivity index (χ0n) is 25.1. The van der Waals surface area contributed by atoms with Crippen molar-refractivity contribution in [1.82, 2.24) is 0 Å². The largest absolute Gasteiger partial charge is 0.469 e. The van der Waals surface area contributed by atoms with Crippen LogP contribution in [0.25, 0.3) is 0 Å². The molecule has 5 aliphatic rings. The van der Waals surface area contributed by atoms with Gasteiger partial charge in [0.15, 0.2) is 0 Å². The summed E-state index contributed by atoms with van der Waals surface area (Å²) < 4.78 is 11.4. The highest BCUT2D eigenvalue weighted by atomic mass is 16.5. The van der Waals surface area contributed by atoms with Crippen molar-refractivity contribution in [2.45, 2.75) is 126 Å². The summed E-state index contributed by atoms with van der Waals surface area (Å²) in [5.41, 5.74) is 2.01. The van der Waals surface area contributed by atoms with Crippen LogP contribution in [0.15, 0.2) is 11.6 Å². The Morgan fingerprint density at radius 3 is 2.19 bits per heavy atom. The number of esters is 2. The normalized spacial score (nSPS) is 47.8. The van der Waals surface area contributed by atoms with E-state index in [0.29, 0.717) is 17.8 Å². The molecule has 0 amide bonds. The minimum Gasteiger partial charge on any atom is -0.469 e. The molecule has 4 fully saturated rings. The summed E-state index contributed by atoms with van der Waals surface area (Å²) in [4.78, 5) is 25.3. The fourth-order valence-electron chi connectivity index (χ4n) is 11.2. The Morgan fingerprint density at radius 1 is 0.865 bits per heavy atom. The van der Waals surface area contributed by atoms with Crippen molar-refractivity contribution in [2.75, 3.05) is 7.11 Å². The highest BCUT2D eigenvalue weighted by molar-refractivity contribution is 5.78. The number of hydrogen-bond acceptors (Lipinski definition) is 4. The average Bonchev–Trinajstić information content (AvgIpc) is 2.80. The van der Waals surface area contributed by atoms with Crippen LogP contribution in [0.2, 0.25) is 0 Å². The predicted molar refractivity (Wildman–Crippen MR) is 147 cm³/mol. The minimum atomic E-state index is -0.343. The lowest BCUT2D eigenvalue weighted by atomic mass is 9.33. The molecular formula is C33H52O4. The number of allylic oxidation sites excluding steroid dienone is 2. The number of rotatable bonds is 2. The molecule has 4 heteroatoms. The number of carbonyl (C=O) groups excluding carboxylic acids is 2. The molecule has 1 unspecified atom stereocenters. The van der Waals surface area contributed by atoms with E-state index in [1.54, 1.807) is 19.6 Å². The van der Waals surface area contributed by atoms with E-state index in [4.69, 9.17) is 9.47 Å². The Hall–Kier alpha value is -1.32. The molecule has 208 valence electrons. The maximum Gasteiger partial charge on any atom is 0.312 e. The van der Waals surface area contributed by atoms with Gasteiger partial charge in [-0.25, -0.2) is 0 Å². The van der Waals surface area contributed by atoms with Crippen molar-refractivity contribution in [1.29, 1.82) is 0 Å². The van der Waals surface area contributed by atoms with Gasteiger partial charge >= 0.3 is 11.9 Å². The zero-order valence-corrected chi connectivity index (χ0v) is 25.1. The van der Waals surface area contributed by atoms with Gasteiger partial charge < -0.3 is 9.47 Å². The fraction of sp³-hybridized carbons (Fsp3) is 0.879. The highest BCUT2D eigenvalue weighted by Gasteiger charge is 2.69. The summed E-state index contributed by atoms with van der Waals surface area (Å²) in [5, 5.41) is 0. The van der Waals surface area contributed by atoms with Gasteiger partial charge in [0.2, 0.25) is 0 Å². The fourth-order valence-corrected chi connectivity index (χ4v) is 11.2. The molecule has 0 saturated heterocycles. The molecule has 5 aliphatic carbocycles. The summed E-state index contributed by atoms with van der Waals surface area (Å²) in [6, 6.07) is 0. The maximum atomic E-state index is 13.4. The summed E-state index contributed by atoms with van der Waals surface area (Å²) in [6.45, 7) is 18.8. The van der Waals surface area contributed by atoms with E-state index in [0.717, 1.165) is 51.4 Å². The van der Waals surface area contributed by atoms with Gasteiger partial charge in [-0.3, -0.25) is 9.59 Å². The number of ether oxygens (including phenoxy) is 2. The second-order valence-electron chi connectivity index (χ2n) is 15.8. The number of carbonyl (C=O) groups is 2. The Balaban J connectivity index is 1.55. The van der Waals surface area contributed by atoms with Crippen molar-refractivity contribution in [3.05, 3.63) is 11.6 Å². The Bertz CT molecular complexity index is 1010. The first-order chi connectivity index (χ1) is 17.1. The summed E-state index contributed by atoms with van der Waals surface area (Å²) in [6.07, 6.45) is 13.4. The van der Waals surface area contributed by atoms with Crippen LogP contribution < -0.4 is 0 Å². The van der Waals surface area contributed by atoms with Gasteiger partial charge in [0.25, 0.3) is 0 Å². The van der Waals surface area contributed by atoms with E-state index >= 15 is 0 Å². The Morgan fingerprint density at radius 2 is 1.54 bits per heavy atom. The molecule has 37 heavy (non-hydrogen) atoms. The van der Waals surface area contributed by atoms with Crippen LogP contribution in [-0.4, -0.2) is 25.2 Å². The van der Waals surface area contributed by atoms with Crippen LogP contribution in [0, 0.1) is 50.2 Å². The zero-order chi connectivity index (χ0) is 27.2. The molecule has 0 aromatic heterocycles. The third-order valence-corrected chi connectivity index (χ3v) is 13.5. The topological polar surface area (TPSA) is 52.6 Å². The van der Waals surface area contributed by atoms with Crippen molar-refractivity contribution in [3.8, 4) is 0 Å². The molecule has 0 aromatic rings. The standard InChI is InChI=1S/C33H52O4/c1-21(34)37-26-13-14-30(6)24(29(26,4)5)12-15-32(8)25(30)11-10-22-23-20-28(2,3)16-18-33(23,27(35)36-9)19-17-31(22,32)7/h10,23-26H,11-20H2,1-9H3/t23-,24?,25-,26+,30+,31-,32-,33+/m1/s1. The van der Waals surface area contributed by atoms with Gasteiger partial charge in [-0.1, -0.05) is 60.1 Å². The molecule has 0 N–H and O–H groups in total. The molecule has 0 aromatic carbocycles. The van der Waals surface area contributed by atoms with Crippen LogP contribution in [0.5, 0.6) is 0 Å². The SMILES string of the molecule is COC(=O)[C@]12CCC(C)(C)C[C@@H]1C1=CC[C@@H]3[C@@]4(C)CC[C@H](OC(C)=O)C(C)(C)C4CC[C@@]3(C)[C@]1(C)CC2. The summed E-state index contributed by atoms with van der Waals surface area (Å²) >= 11 is 0. The first-order valence-corrected chi connectivity index (χ1v) is 15.0. The number of fused-ring (bicyclic) bond motifs is 7. The van der Waals surface area contributed by atoms with Gasteiger partial charge in [0.1, 0.15) is 6.10 Å². The van der Waals surface area contributed by atoms with E-state index < -0.39 is 0 Å². The monoisotopic (exact) mass is 512 g/mol. The van der Waals surface area contributed by atoms with Gasteiger partial charge in [-0.05, 0) is 104 Å². The summed E-state index contributed by atoms with van der Waals surface area (Å²) in [5.74, 6) is 1.33. The van der Waals surface area contributed by atoms with Gasteiger partial charge in [0.05, 0.1) is 12.5 Å². The maximum absolute atomic E-state index is 13.4. The molecule has 0 spiro atoms. The minimum absolute atomic E-state index is 0.0116. The van der Waals surface area contributed by atoms with E-state index in [1.165, 1.54) is 12.8 Å². The van der Waals surface area contributed by atoms with Crippen molar-refractivity contribution in [3.63, 3.8) is 0 Å². The summed E-state index contributed by atoms with van der Waals surface area (Å²) in [7, 11) is 1.59. The van der Waals surface area contributed by atoms with Crippen LogP contribution in [0.1, 0.15) is 120 Å². The molecule has 8 atom stereocenters.